The second kappa shape index (κ2) is 7.36. The first-order chi connectivity index (χ1) is 9.63. The molecule has 1 fully saturated rings. The summed E-state index contributed by atoms with van der Waals surface area (Å²) < 4.78 is 0.372. The Hall–Kier alpha value is -0.680. The van der Waals surface area contributed by atoms with Crippen LogP contribution in [-0.2, 0) is 0 Å². The van der Waals surface area contributed by atoms with Crippen LogP contribution in [0.3, 0.4) is 0 Å². The van der Waals surface area contributed by atoms with Crippen LogP contribution in [0.5, 0.6) is 0 Å². The second-order valence-electron chi connectivity index (χ2n) is 5.67. The average molecular weight is 312 g/mol. The second-order valence-corrected chi connectivity index (χ2v) is 8.13. The summed E-state index contributed by atoms with van der Waals surface area (Å²) in [6.45, 7) is 6.50. The molecule has 112 valence electrons. The summed E-state index contributed by atoms with van der Waals surface area (Å²) in [7, 11) is 1.84. The molecule has 1 aromatic rings. The third-order valence-electron chi connectivity index (χ3n) is 3.84. The van der Waals surface area contributed by atoms with Gasteiger partial charge < -0.3 is 10.6 Å². The molecule has 1 aliphatic heterocycles. The van der Waals surface area contributed by atoms with Crippen LogP contribution >= 0.6 is 23.1 Å². The van der Waals surface area contributed by atoms with Crippen molar-refractivity contribution in [3.05, 3.63) is 22.4 Å². The van der Waals surface area contributed by atoms with Crippen LogP contribution in [-0.4, -0.2) is 36.6 Å². The first-order valence-electron chi connectivity index (χ1n) is 7.23. The number of nitrogens with zero attached hydrogens (tertiary/aromatic N) is 1. The van der Waals surface area contributed by atoms with E-state index in [0.29, 0.717) is 10.7 Å². The van der Waals surface area contributed by atoms with E-state index in [-0.39, 0.29) is 0 Å². The monoisotopic (exact) mass is 311 g/mol. The first-order valence-corrected chi connectivity index (χ1v) is 9.16. The van der Waals surface area contributed by atoms with Crippen molar-refractivity contribution in [1.29, 1.82) is 0 Å². The van der Waals surface area contributed by atoms with Crippen molar-refractivity contribution in [2.75, 3.05) is 25.9 Å². The molecule has 2 unspecified atom stereocenters. The standard InChI is InChI=1S/C15H25N3S2/c1-12(13-5-8-19-10-13)9-17-14(16-3)18-11-15(2)6-4-7-20-15/h5,8,10,12H,4,6-7,9,11H2,1-3H3,(H2,16,17,18). The smallest absolute Gasteiger partial charge is 0.191 e. The van der Waals surface area contributed by atoms with Crippen molar-refractivity contribution >= 4 is 29.1 Å². The number of guanidine groups is 1. The van der Waals surface area contributed by atoms with Crippen molar-refractivity contribution in [3.63, 3.8) is 0 Å². The molecule has 0 bridgehead atoms. The molecule has 3 nitrogen and oxygen atoms in total. The van der Waals surface area contributed by atoms with Gasteiger partial charge in [0.1, 0.15) is 0 Å². The molecule has 2 atom stereocenters. The zero-order valence-electron chi connectivity index (χ0n) is 12.6. The van der Waals surface area contributed by atoms with Gasteiger partial charge in [-0.3, -0.25) is 4.99 Å². The fourth-order valence-corrected chi connectivity index (χ4v) is 4.42. The molecule has 1 aromatic heterocycles. The normalized spacial score (nSPS) is 24.6. The number of hydrogen-bond acceptors (Lipinski definition) is 3. The lowest BCUT2D eigenvalue weighted by Gasteiger charge is -2.24. The summed E-state index contributed by atoms with van der Waals surface area (Å²) in [5.74, 6) is 2.72. The van der Waals surface area contributed by atoms with Gasteiger partial charge in [-0.2, -0.15) is 23.1 Å². The molecule has 1 aliphatic rings. The Kier molecular flexibility index (Phi) is 5.78. The fourth-order valence-electron chi connectivity index (χ4n) is 2.39. The van der Waals surface area contributed by atoms with E-state index in [1.54, 1.807) is 11.3 Å². The lowest BCUT2D eigenvalue weighted by atomic mass is 10.1. The maximum Gasteiger partial charge on any atom is 0.191 e. The minimum Gasteiger partial charge on any atom is -0.356 e. The Balaban J connectivity index is 1.75. The van der Waals surface area contributed by atoms with Gasteiger partial charge in [-0.05, 0) is 53.8 Å². The van der Waals surface area contributed by atoms with Gasteiger partial charge >= 0.3 is 0 Å². The van der Waals surface area contributed by atoms with E-state index in [9.17, 15) is 0 Å². The molecule has 2 heterocycles. The molecular formula is C15H25N3S2. The van der Waals surface area contributed by atoms with Crippen LogP contribution in [0, 0.1) is 0 Å². The van der Waals surface area contributed by atoms with Gasteiger partial charge in [0, 0.05) is 24.9 Å². The van der Waals surface area contributed by atoms with Gasteiger partial charge in [-0.15, -0.1) is 0 Å². The first kappa shape index (κ1) is 15.7. The van der Waals surface area contributed by atoms with E-state index in [1.807, 2.05) is 7.05 Å². The molecule has 5 heteroatoms. The van der Waals surface area contributed by atoms with E-state index in [0.717, 1.165) is 19.0 Å². The molecular weight excluding hydrogens is 286 g/mol. The molecule has 1 saturated heterocycles. The molecule has 0 amide bonds. The summed E-state index contributed by atoms with van der Waals surface area (Å²) in [6.07, 6.45) is 2.64. The summed E-state index contributed by atoms with van der Waals surface area (Å²) in [6, 6.07) is 2.20. The van der Waals surface area contributed by atoms with Crippen LogP contribution in [0.1, 0.15) is 38.2 Å². The molecule has 0 saturated carbocycles. The van der Waals surface area contributed by atoms with E-state index < -0.39 is 0 Å². The van der Waals surface area contributed by atoms with Crippen molar-refractivity contribution in [2.45, 2.75) is 37.4 Å². The van der Waals surface area contributed by atoms with Crippen LogP contribution in [0.15, 0.2) is 21.8 Å². The Morgan fingerprint density at radius 1 is 1.50 bits per heavy atom. The van der Waals surface area contributed by atoms with Crippen molar-refractivity contribution in [2.24, 2.45) is 4.99 Å². The van der Waals surface area contributed by atoms with Gasteiger partial charge in [0.25, 0.3) is 0 Å². The third kappa shape index (κ3) is 4.42. The zero-order chi connectivity index (χ0) is 14.4. The zero-order valence-corrected chi connectivity index (χ0v) is 14.2. The molecule has 0 radical (unpaired) electrons. The van der Waals surface area contributed by atoms with Crippen LogP contribution in [0.2, 0.25) is 0 Å². The van der Waals surface area contributed by atoms with E-state index in [2.05, 4.69) is 58.1 Å². The highest BCUT2D eigenvalue weighted by Crippen LogP contribution is 2.36. The number of nitrogens with one attached hydrogen (secondary N) is 2. The quantitative estimate of drug-likeness (QED) is 0.647. The van der Waals surface area contributed by atoms with Gasteiger partial charge in [0.05, 0.1) is 0 Å². The predicted molar refractivity (Wildman–Crippen MR) is 92.2 cm³/mol. The number of thioether (sulfide) groups is 1. The average Bonchev–Trinajstić information content (AvgIpc) is 3.10. The Morgan fingerprint density at radius 3 is 2.95 bits per heavy atom. The number of hydrogen-bond donors (Lipinski definition) is 2. The molecule has 0 aromatic carbocycles. The highest BCUT2D eigenvalue weighted by molar-refractivity contribution is 8.00. The molecule has 0 spiro atoms. The molecule has 0 aliphatic carbocycles. The maximum atomic E-state index is 4.32. The van der Waals surface area contributed by atoms with Crippen molar-refractivity contribution in [3.8, 4) is 0 Å². The minimum atomic E-state index is 0.372. The summed E-state index contributed by atoms with van der Waals surface area (Å²) >= 11 is 3.83. The van der Waals surface area contributed by atoms with Gasteiger partial charge in [0.15, 0.2) is 5.96 Å². The van der Waals surface area contributed by atoms with Crippen molar-refractivity contribution in [1.82, 2.24) is 10.6 Å². The highest BCUT2D eigenvalue weighted by atomic mass is 32.2. The molecule has 20 heavy (non-hydrogen) atoms. The Bertz CT molecular complexity index is 422. The number of thiophene rings is 1. The summed E-state index contributed by atoms with van der Waals surface area (Å²) in [4.78, 5) is 4.32. The molecule has 2 rings (SSSR count). The Labute approximate surface area is 130 Å². The molecule has 2 N–H and O–H groups in total. The van der Waals surface area contributed by atoms with Crippen LogP contribution in [0.25, 0.3) is 0 Å². The summed E-state index contributed by atoms with van der Waals surface area (Å²) in [5.41, 5.74) is 1.40. The van der Waals surface area contributed by atoms with E-state index in [4.69, 9.17) is 0 Å². The SMILES string of the molecule is CN=C(NCC(C)c1ccsc1)NCC1(C)CCCS1. The Morgan fingerprint density at radius 2 is 2.35 bits per heavy atom. The van der Waals surface area contributed by atoms with Gasteiger partial charge in [-0.25, -0.2) is 0 Å². The predicted octanol–water partition coefficient (Wildman–Crippen LogP) is 3.30. The van der Waals surface area contributed by atoms with Crippen LogP contribution in [0.4, 0.5) is 0 Å². The van der Waals surface area contributed by atoms with Crippen molar-refractivity contribution < 1.29 is 0 Å². The minimum absolute atomic E-state index is 0.372. The lowest BCUT2D eigenvalue weighted by molar-refractivity contribution is 0.582. The van der Waals surface area contributed by atoms with E-state index >= 15 is 0 Å². The largest absolute Gasteiger partial charge is 0.356 e. The van der Waals surface area contributed by atoms with Gasteiger partial charge in [0.2, 0.25) is 0 Å². The summed E-state index contributed by atoms with van der Waals surface area (Å²) in [5, 5.41) is 11.3. The highest BCUT2D eigenvalue weighted by Gasteiger charge is 2.29. The van der Waals surface area contributed by atoms with Gasteiger partial charge in [-0.1, -0.05) is 6.92 Å². The maximum absolute atomic E-state index is 4.32. The fraction of sp³-hybridized carbons (Fsp3) is 0.667. The third-order valence-corrected chi connectivity index (χ3v) is 6.08. The lowest BCUT2D eigenvalue weighted by Crippen LogP contribution is -2.44. The number of rotatable bonds is 5. The topological polar surface area (TPSA) is 36.4 Å². The van der Waals surface area contributed by atoms with E-state index in [1.165, 1.54) is 24.2 Å². The van der Waals surface area contributed by atoms with Crippen LogP contribution < -0.4 is 10.6 Å². The number of aliphatic imine (C=N–C) groups is 1.